The van der Waals surface area contributed by atoms with Gasteiger partial charge in [-0.1, -0.05) is 0 Å². The van der Waals surface area contributed by atoms with Crippen LogP contribution in [-0.2, 0) is 6.54 Å². The first-order valence-corrected chi connectivity index (χ1v) is 8.85. The number of rotatable bonds is 3. The van der Waals surface area contributed by atoms with Crippen molar-refractivity contribution in [1.82, 2.24) is 10.2 Å². The van der Waals surface area contributed by atoms with Gasteiger partial charge >= 0.3 is 0 Å². The summed E-state index contributed by atoms with van der Waals surface area (Å²) in [7, 11) is 1.85. The molecule has 0 atom stereocenters. The minimum Gasteiger partial charge on any atom is -0.466 e. The second-order valence-corrected chi connectivity index (χ2v) is 6.69. The number of hydrogen-bond donors (Lipinski definition) is 1. The molecule has 124 valence electrons. The third-order valence-corrected chi connectivity index (χ3v) is 5.12. The third kappa shape index (κ3) is 3.69. The van der Waals surface area contributed by atoms with E-state index in [1.54, 1.807) is 0 Å². The maximum absolute atomic E-state index is 5.58. The van der Waals surface area contributed by atoms with Crippen molar-refractivity contribution in [2.24, 2.45) is 4.99 Å². The molecule has 23 heavy (non-hydrogen) atoms. The zero-order chi connectivity index (χ0) is 16.2. The number of aliphatic imine (C=N–C) groups is 1. The Morgan fingerprint density at radius 3 is 2.65 bits per heavy atom. The Morgan fingerprint density at radius 2 is 2.09 bits per heavy atom. The molecule has 1 saturated heterocycles. The Balaban J connectivity index is 1.54. The van der Waals surface area contributed by atoms with Crippen LogP contribution in [0.25, 0.3) is 0 Å². The van der Waals surface area contributed by atoms with E-state index < -0.39 is 0 Å². The molecular formula is C17H24N4OS. The van der Waals surface area contributed by atoms with Crippen molar-refractivity contribution in [3.63, 3.8) is 0 Å². The summed E-state index contributed by atoms with van der Waals surface area (Å²) in [5, 5.41) is 6.95. The van der Waals surface area contributed by atoms with E-state index >= 15 is 0 Å². The van der Waals surface area contributed by atoms with Gasteiger partial charge in [0.05, 0.1) is 5.00 Å². The lowest BCUT2D eigenvalue weighted by Crippen LogP contribution is -2.52. The Labute approximate surface area is 141 Å². The zero-order valence-corrected chi connectivity index (χ0v) is 14.8. The van der Waals surface area contributed by atoms with E-state index in [2.05, 4.69) is 43.7 Å². The molecule has 0 amide bonds. The number of guanidine groups is 1. The second-order valence-electron chi connectivity index (χ2n) is 5.76. The smallest absolute Gasteiger partial charge is 0.194 e. The molecule has 1 aliphatic heterocycles. The predicted molar refractivity (Wildman–Crippen MR) is 96.5 cm³/mol. The van der Waals surface area contributed by atoms with E-state index in [1.165, 1.54) is 10.6 Å². The summed E-state index contributed by atoms with van der Waals surface area (Å²) in [6.07, 6.45) is 0. The van der Waals surface area contributed by atoms with Gasteiger partial charge in [-0.3, -0.25) is 4.99 Å². The average Bonchev–Trinajstić information content (AvgIpc) is 3.19. The van der Waals surface area contributed by atoms with Crippen LogP contribution in [0.5, 0.6) is 0 Å². The van der Waals surface area contributed by atoms with Crippen LogP contribution in [-0.4, -0.2) is 44.1 Å². The van der Waals surface area contributed by atoms with Gasteiger partial charge in [0.15, 0.2) is 5.96 Å². The van der Waals surface area contributed by atoms with Crippen LogP contribution < -0.4 is 10.2 Å². The second kappa shape index (κ2) is 7.08. The van der Waals surface area contributed by atoms with E-state index in [1.807, 2.05) is 32.2 Å². The summed E-state index contributed by atoms with van der Waals surface area (Å²) in [6.45, 7) is 8.78. The molecule has 1 N–H and O–H groups in total. The largest absolute Gasteiger partial charge is 0.466 e. The lowest BCUT2D eigenvalue weighted by atomic mass is 10.2. The topological polar surface area (TPSA) is 44.0 Å². The standard InChI is InChI=1S/C17H24N4OS/c1-13-11-15(14(2)22-13)12-19-17(18-3)21-8-6-20(7-9-21)16-5-4-10-23-16/h4-5,10-11H,6-9,12H2,1-3H3,(H,18,19). The van der Waals surface area contributed by atoms with Gasteiger partial charge in [-0.2, -0.15) is 0 Å². The Kier molecular flexibility index (Phi) is 4.91. The van der Waals surface area contributed by atoms with Crippen molar-refractivity contribution in [3.8, 4) is 0 Å². The first kappa shape index (κ1) is 15.9. The quantitative estimate of drug-likeness (QED) is 0.693. The highest BCUT2D eigenvalue weighted by molar-refractivity contribution is 7.14. The molecule has 0 unspecified atom stereocenters. The van der Waals surface area contributed by atoms with Crippen LogP contribution >= 0.6 is 11.3 Å². The Bertz CT molecular complexity index is 654. The summed E-state index contributed by atoms with van der Waals surface area (Å²) in [5.74, 6) is 2.90. The predicted octanol–water partition coefficient (Wildman–Crippen LogP) is 2.86. The third-order valence-electron chi connectivity index (χ3n) is 4.19. The fraction of sp³-hybridized carbons (Fsp3) is 0.471. The van der Waals surface area contributed by atoms with E-state index in [-0.39, 0.29) is 0 Å². The highest BCUT2D eigenvalue weighted by Gasteiger charge is 2.20. The van der Waals surface area contributed by atoms with E-state index in [9.17, 15) is 0 Å². The monoisotopic (exact) mass is 332 g/mol. The number of nitrogens with zero attached hydrogens (tertiary/aromatic N) is 3. The summed E-state index contributed by atoms with van der Waals surface area (Å²) >= 11 is 1.81. The van der Waals surface area contributed by atoms with Gasteiger partial charge in [0.1, 0.15) is 11.5 Å². The Hall–Kier alpha value is -1.95. The number of piperazine rings is 1. The molecule has 2 aromatic rings. The van der Waals surface area contributed by atoms with E-state index in [4.69, 9.17) is 4.42 Å². The van der Waals surface area contributed by atoms with Crippen molar-refractivity contribution < 1.29 is 4.42 Å². The van der Waals surface area contributed by atoms with Crippen molar-refractivity contribution in [3.05, 3.63) is 40.7 Å². The van der Waals surface area contributed by atoms with Crippen LogP contribution in [0.15, 0.2) is 33.0 Å². The van der Waals surface area contributed by atoms with Crippen LogP contribution in [0.2, 0.25) is 0 Å². The first-order valence-electron chi connectivity index (χ1n) is 7.97. The number of furan rings is 1. The molecule has 0 bridgehead atoms. The van der Waals surface area contributed by atoms with Crippen LogP contribution in [0.1, 0.15) is 17.1 Å². The number of anilines is 1. The van der Waals surface area contributed by atoms with Gasteiger partial charge in [0.25, 0.3) is 0 Å². The molecule has 2 aromatic heterocycles. The lowest BCUT2D eigenvalue weighted by Gasteiger charge is -2.37. The maximum atomic E-state index is 5.58. The maximum Gasteiger partial charge on any atom is 0.194 e. The molecular weight excluding hydrogens is 308 g/mol. The lowest BCUT2D eigenvalue weighted by molar-refractivity contribution is 0.373. The summed E-state index contributed by atoms with van der Waals surface area (Å²) in [5.41, 5.74) is 1.20. The van der Waals surface area contributed by atoms with Gasteiger partial charge in [0, 0.05) is 45.3 Å². The number of aryl methyl sites for hydroxylation is 2. The van der Waals surface area contributed by atoms with Gasteiger partial charge in [-0.25, -0.2) is 0 Å². The highest BCUT2D eigenvalue weighted by atomic mass is 32.1. The summed E-state index contributed by atoms with van der Waals surface area (Å²) in [4.78, 5) is 9.20. The van der Waals surface area contributed by atoms with Crippen LogP contribution in [0.4, 0.5) is 5.00 Å². The summed E-state index contributed by atoms with van der Waals surface area (Å²) in [6, 6.07) is 6.39. The number of nitrogens with one attached hydrogen (secondary N) is 1. The van der Waals surface area contributed by atoms with Gasteiger partial charge in [-0.05, 0) is 37.4 Å². The first-order chi connectivity index (χ1) is 11.2. The molecule has 1 aliphatic rings. The molecule has 3 heterocycles. The van der Waals surface area contributed by atoms with E-state index in [0.717, 1.165) is 50.2 Å². The van der Waals surface area contributed by atoms with Crippen molar-refractivity contribution in [2.45, 2.75) is 20.4 Å². The molecule has 0 radical (unpaired) electrons. The molecule has 3 rings (SSSR count). The van der Waals surface area contributed by atoms with Gasteiger partial charge in [0.2, 0.25) is 0 Å². The fourth-order valence-corrected chi connectivity index (χ4v) is 3.74. The molecule has 0 spiro atoms. The Morgan fingerprint density at radius 1 is 1.30 bits per heavy atom. The van der Waals surface area contributed by atoms with Gasteiger partial charge < -0.3 is 19.5 Å². The fourth-order valence-electron chi connectivity index (χ4n) is 2.95. The highest BCUT2D eigenvalue weighted by Crippen LogP contribution is 2.22. The number of thiophene rings is 1. The minimum atomic E-state index is 0.751. The molecule has 5 nitrogen and oxygen atoms in total. The molecule has 0 aromatic carbocycles. The van der Waals surface area contributed by atoms with Crippen LogP contribution in [0.3, 0.4) is 0 Å². The van der Waals surface area contributed by atoms with Crippen LogP contribution in [0, 0.1) is 13.8 Å². The summed E-state index contributed by atoms with van der Waals surface area (Å²) < 4.78 is 5.58. The molecule has 1 fully saturated rings. The normalized spacial score (nSPS) is 16.0. The van der Waals surface area contributed by atoms with Crippen molar-refractivity contribution >= 4 is 22.3 Å². The average molecular weight is 332 g/mol. The number of hydrogen-bond acceptors (Lipinski definition) is 4. The molecule has 0 aliphatic carbocycles. The van der Waals surface area contributed by atoms with E-state index in [0.29, 0.717) is 0 Å². The van der Waals surface area contributed by atoms with Crippen molar-refractivity contribution in [1.29, 1.82) is 0 Å². The minimum absolute atomic E-state index is 0.751. The van der Waals surface area contributed by atoms with Gasteiger partial charge in [-0.15, -0.1) is 11.3 Å². The molecule has 0 saturated carbocycles. The zero-order valence-electron chi connectivity index (χ0n) is 14.0. The SMILES string of the molecule is CN=C(NCc1cc(C)oc1C)N1CCN(c2cccs2)CC1. The molecule has 6 heteroatoms. The van der Waals surface area contributed by atoms with Crippen molar-refractivity contribution in [2.75, 3.05) is 38.1 Å².